The number of aromatic nitrogens is 2. The van der Waals surface area contributed by atoms with Gasteiger partial charge in [-0.05, 0) is 25.0 Å². The zero-order valence-electron chi connectivity index (χ0n) is 9.89. The summed E-state index contributed by atoms with van der Waals surface area (Å²) >= 11 is 0. The number of piperidine rings is 1. The minimum Gasteiger partial charge on any atom is -0.354 e. The fourth-order valence-electron chi connectivity index (χ4n) is 1.96. The van der Waals surface area contributed by atoms with Crippen LogP contribution < -0.4 is 16.0 Å². The van der Waals surface area contributed by atoms with Crippen molar-refractivity contribution in [2.24, 2.45) is 5.73 Å². The first-order valence-electron chi connectivity index (χ1n) is 5.77. The molecule has 0 aliphatic carbocycles. The Morgan fingerprint density at radius 2 is 2.35 bits per heavy atom. The second-order valence-electron chi connectivity index (χ2n) is 4.20. The standard InChI is InChI=1S/C11H17N5O/c1-13-11(17)9-4-5-10(15-14-9)16-6-2-3-8(12)7-16/h4-5,8H,2-3,6-7,12H2,1H3,(H,13,17)/t8-/m1/s1. The van der Waals surface area contributed by atoms with E-state index in [1.54, 1.807) is 13.1 Å². The molecular weight excluding hydrogens is 218 g/mol. The lowest BCUT2D eigenvalue weighted by Crippen LogP contribution is -2.43. The van der Waals surface area contributed by atoms with E-state index in [2.05, 4.69) is 20.4 Å². The molecule has 2 heterocycles. The first-order chi connectivity index (χ1) is 8.20. The van der Waals surface area contributed by atoms with Gasteiger partial charge < -0.3 is 16.0 Å². The average Bonchev–Trinajstić information content (AvgIpc) is 2.38. The van der Waals surface area contributed by atoms with Gasteiger partial charge in [0.2, 0.25) is 0 Å². The number of amides is 1. The van der Waals surface area contributed by atoms with Crippen molar-refractivity contribution < 1.29 is 4.79 Å². The monoisotopic (exact) mass is 235 g/mol. The number of hydrogen-bond acceptors (Lipinski definition) is 5. The van der Waals surface area contributed by atoms with Gasteiger partial charge in [-0.3, -0.25) is 4.79 Å². The first-order valence-corrected chi connectivity index (χ1v) is 5.77. The summed E-state index contributed by atoms with van der Waals surface area (Å²) in [6, 6.07) is 3.70. The number of rotatable bonds is 2. The van der Waals surface area contributed by atoms with Crippen LogP contribution in [0.5, 0.6) is 0 Å². The number of hydrogen-bond donors (Lipinski definition) is 2. The Bertz CT molecular complexity index is 391. The van der Waals surface area contributed by atoms with Gasteiger partial charge in [0.1, 0.15) is 0 Å². The number of nitrogens with one attached hydrogen (secondary N) is 1. The molecular formula is C11H17N5O. The summed E-state index contributed by atoms with van der Waals surface area (Å²) in [4.78, 5) is 13.4. The molecule has 2 rings (SSSR count). The van der Waals surface area contributed by atoms with E-state index < -0.39 is 0 Å². The van der Waals surface area contributed by atoms with E-state index in [4.69, 9.17) is 5.73 Å². The molecule has 1 fully saturated rings. The van der Waals surface area contributed by atoms with Crippen molar-refractivity contribution >= 4 is 11.7 Å². The number of nitrogens with zero attached hydrogens (tertiary/aromatic N) is 3. The van der Waals surface area contributed by atoms with Gasteiger partial charge in [0.05, 0.1) is 0 Å². The maximum absolute atomic E-state index is 11.3. The smallest absolute Gasteiger partial charge is 0.271 e. The molecule has 0 unspecified atom stereocenters. The lowest BCUT2D eigenvalue weighted by Gasteiger charge is -2.31. The molecule has 0 saturated carbocycles. The van der Waals surface area contributed by atoms with Crippen LogP contribution in [0.2, 0.25) is 0 Å². The Morgan fingerprint density at radius 1 is 1.53 bits per heavy atom. The van der Waals surface area contributed by atoms with Gasteiger partial charge in [0.25, 0.3) is 5.91 Å². The summed E-state index contributed by atoms with van der Waals surface area (Å²) in [5, 5.41) is 10.5. The molecule has 3 N–H and O–H groups in total. The molecule has 0 radical (unpaired) electrons. The third-order valence-corrected chi connectivity index (χ3v) is 2.89. The van der Waals surface area contributed by atoms with E-state index in [1.165, 1.54) is 0 Å². The van der Waals surface area contributed by atoms with E-state index >= 15 is 0 Å². The second kappa shape index (κ2) is 5.09. The summed E-state index contributed by atoms with van der Waals surface area (Å²) in [5.41, 5.74) is 6.24. The number of anilines is 1. The van der Waals surface area contributed by atoms with Crippen molar-refractivity contribution in [2.45, 2.75) is 18.9 Å². The first kappa shape index (κ1) is 11.8. The minimum atomic E-state index is -0.223. The maximum atomic E-state index is 11.3. The van der Waals surface area contributed by atoms with E-state index in [0.717, 1.165) is 31.7 Å². The van der Waals surface area contributed by atoms with Crippen molar-refractivity contribution in [1.29, 1.82) is 0 Å². The number of carbonyl (C=O) groups is 1. The molecule has 6 heteroatoms. The Morgan fingerprint density at radius 3 is 2.94 bits per heavy atom. The summed E-state index contributed by atoms with van der Waals surface area (Å²) in [6.07, 6.45) is 2.13. The molecule has 1 aromatic rings. The normalized spacial score (nSPS) is 20.1. The predicted molar refractivity (Wildman–Crippen MR) is 64.8 cm³/mol. The quantitative estimate of drug-likeness (QED) is 0.739. The van der Waals surface area contributed by atoms with Crippen molar-refractivity contribution in [2.75, 3.05) is 25.0 Å². The van der Waals surface area contributed by atoms with Crippen LogP contribution in [0, 0.1) is 0 Å². The van der Waals surface area contributed by atoms with Gasteiger partial charge in [-0.2, -0.15) is 0 Å². The molecule has 1 aromatic heterocycles. The highest BCUT2D eigenvalue weighted by atomic mass is 16.1. The summed E-state index contributed by atoms with van der Waals surface area (Å²) in [6.45, 7) is 1.75. The van der Waals surface area contributed by atoms with Crippen LogP contribution in [-0.2, 0) is 0 Å². The molecule has 0 aromatic carbocycles. The van der Waals surface area contributed by atoms with Crippen LogP contribution in [0.4, 0.5) is 5.82 Å². The lowest BCUT2D eigenvalue weighted by molar-refractivity contribution is 0.0957. The van der Waals surface area contributed by atoms with E-state index in [-0.39, 0.29) is 11.9 Å². The highest BCUT2D eigenvalue weighted by Crippen LogP contribution is 2.16. The van der Waals surface area contributed by atoms with Crippen molar-refractivity contribution in [1.82, 2.24) is 15.5 Å². The summed E-state index contributed by atoms with van der Waals surface area (Å²) in [7, 11) is 1.57. The SMILES string of the molecule is CNC(=O)c1ccc(N2CCC[C@@H](N)C2)nn1. The van der Waals surface area contributed by atoms with Gasteiger partial charge >= 0.3 is 0 Å². The summed E-state index contributed by atoms with van der Waals surface area (Å²) < 4.78 is 0. The van der Waals surface area contributed by atoms with Gasteiger partial charge in [-0.15, -0.1) is 10.2 Å². The fraction of sp³-hybridized carbons (Fsp3) is 0.545. The maximum Gasteiger partial charge on any atom is 0.271 e. The average molecular weight is 235 g/mol. The van der Waals surface area contributed by atoms with E-state index in [0.29, 0.717) is 5.69 Å². The molecule has 1 amide bonds. The molecule has 1 saturated heterocycles. The Balaban J connectivity index is 2.09. The predicted octanol–water partition coefficient (Wildman–Crippen LogP) is -0.236. The molecule has 1 aliphatic heterocycles. The van der Waals surface area contributed by atoms with Crippen LogP contribution in [-0.4, -0.2) is 42.3 Å². The van der Waals surface area contributed by atoms with Crippen LogP contribution in [0.15, 0.2) is 12.1 Å². The van der Waals surface area contributed by atoms with E-state index in [1.807, 2.05) is 6.07 Å². The zero-order valence-corrected chi connectivity index (χ0v) is 9.89. The second-order valence-corrected chi connectivity index (χ2v) is 4.20. The zero-order chi connectivity index (χ0) is 12.3. The lowest BCUT2D eigenvalue weighted by atomic mass is 10.1. The Kier molecular flexibility index (Phi) is 3.53. The third-order valence-electron chi connectivity index (χ3n) is 2.89. The van der Waals surface area contributed by atoms with Crippen LogP contribution in [0.3, 0.4) is 0 Å². The van der Waals surface area contributed by atoms with E-state index in [9.17, 15) is 4.79 Å². The van der Waals surface area contributed by atoms with Crippen LogP contribution in [0.25, 0.3) is 0 Å². The molecule has 92 valence electrons. The largest absolute Gasteiger partial charge is 0.354 e. The number of nitrogens with two attached hydrogens (primary N) is 1. The van der Waals surface area contributed by atoms with Gasteiger partial charge in [-0.1, -0.05) is 0 Å². The van der Waals surface area contributed by atoms with Gasteiger partial charge in [0, 0.05) is 26.2 Å². The highest BCUT2D eigenvalue weighted by Gasteiger charge is 2.18. The fourth-order valence-corrected chi connectivity index (χ4v) is 1.96. The highest BCUT2D eigenvalue weighted by molar-refractivity contribution is 5.91. The topological polar surface area (TPSA) is 84.1 Å². The van der Waals surface area contributed by atoms with Crippen LogP contribution in [0.1, 0.15) is 23.3 Å². The van der Waals surface area contributed by atoms with Crippen LogP contribution >= 0.6 is 0 Å². The molecule has 0 spiro atoms. The third kappa shape index (κ3) is 2.71. The van der Waals surface area contributed by atoms with Gasteiger partial charge in [0.15, 0.2) is 11.5 Å². The molecule has 1 aliphatic rings. The molecule has 1 atom stereocenters. The van der Waals surface area contributed by atoms with Crippen molar-refractivity contribution in [3.05, 3.63) is 17.8 Å². The molecule has 17 heavy (non-hydrogen) atoms. The number of carbonyl (C=O) groups excluding carboxylic acids is 1. The molecule has 0 bridgehead atoms. The summed E-state index contributed by atoms with van der Waals surface area (Å²) in [5.74, 6) is 0.562. The van der Waals surface area contributed by atoms with Crippen molar-refractivity contribution in [3.63, 3.8) is 0 Å². The Hall–Kier alpha value is -1.69. The Labute approximate surface area is 100 Å². The van der Waals surface area contributed by atoms with Gasteiger partial charge in [-0.25, -0.2) is 0 Å². The minimum absolute atomic E-state index is 0.198. The van der Waals surface area contributed by atoms with Crippen molar-refractivity contribution in [3.8, 4) is 0 Å². The molecule has 6 nitrogen and oxygen atoms in total.